The minimum Gasteiger partial charge on any atom is -0.493 e. The Kier molecular flexibility index (Phi) is 6.39. The molecule has 1 aliphatic rings. The number of hydrogen-bond donors (Lipinski definition) is 1. The van der Waals surface area contributed by atoms with Crippen LogP contribution in [0.2, 0.25) is 0 Å². The van der Waals surface area contributed by atoms with E-state index >= 15 is 0 Å². The first-order valence-electron chi connectivity index (χ1n) is 9.46. The summed E-state index contributed by atoms with van der Waals surface area (Å²) in [5, 5.41) is 2.76. The zero-order chi connectivity index (χ0) is 20.9. The average Bonchev–Trinajstić information content (AvgIpc) is 2.72. The number of anilines is 1. The Bertz CT molecular complexity index is 864. The molecule has 154 valence electrons. The predicted molar refractivity (Wildman–Crippen MR) is 109 cm³/mol. The lowest BCUT2D eigenvalue weighted by Crippen LogP contribution is -2.55. The van der Waals surface area contributed by atoms with E-state index in [1.54, 1.807) is 49.6 Å². The molecule has 0 unspecified atom stereocenters. The van der Waals surface area contributed by atoms with E-state index in [2.05, 4.69) is 5.32 Å². The fraction of sp³-hybridized carbons (Fsp3) is 0.364. The molecule has 2 aromatic carbocycles. The van der Waals surface area contributed by atoms with E-state index in [-0.39, 0.29) is 24.0 Å². The van der Waals surface area contributed by atoms with Crippen molar-refractivity contribution in [2.24, 2.45) is 0 Å². The number of morpholine rings is 1. The minimum atomic E-state index is -0.349. The highest BCUT2D eigenvalue weighted by atomic mass is 16.5. The van der Waals surface area contributed by atoms with Gasteiger partial charge < -0.3 is 24.4 Å². The highest BCUT2D eigenvalue weighted by Gasteiger charge is 2.34. The number of para-hydroxylation sites is 2. The van der Waals surface area contributed by atoms with Gasteiger partial charge in [0.2, 0.25) is 0 Å². The fourth-order valence-electron chi connectivity index (χ4n) is 3.17. The van der Waals surface area contributed by atoms with Gasteiger partial charge in [0.05, 0.1) is 25.9 Å². The van der Waals surface area contributed by atoms with Crippen LogP contribution >= 0.6 is 0 Å². The number of methoxy groups -OCH3 is 1. The Morgan fingerprint density at radius 1 is 1.10 bits per heavy atom. The van der Waals surface area contributed by atoms with Gasteiger partial charge in [0.25, 0.3) is 11.8 Å². The van der Waals surface area contributed by atoms with Crippen molar-refractivity contribution in [3.8, 4) is 11.5 Å². The molecular weight excluding hydrogens is 372 g/mol. The molecule has 0 spiro atoms. The first-order valence-corrected chi connectivity index (χ1v) is 9.46. The Labute approximate surface area is 170 Å². The smallest absolute Gasteiger partial charge is 0.262 e. The SMILES string of the molecule is COc1ccccc1OCC(=O)Nc1ccc(C(=O)N2CCOCC2(C)C)cc1. The van der Waals surface area contributed by atoms with Crippen molar-refractivity contribution >= 4 is 17.5 Å². The summed E-state index contributed by atoms with van der Waals surface area (Å²) < 4.78 is 16.2. The summed E-state index contributed by atoms with van der Waals surface area (Å²) in [6.07, 6.45) is 0. The lowest BCUT2D eigenvalue weighted by molar-refractivity contribution is -0.118. The number of amides is 2. The van der Waals surface area contributed by atoms with Crippen LogP contribution in [0, 0.1) is 0 Å². The van der Waals surface area contributed by atoms with E-state index in [9.17, 15) is 9.59 Å². The molecule has 1 N–H and O–H groups in total. The Balaban J connectivity index is 1.57. The zero-order valence-electron chi connectivity index (χ0n) is 16.9. The standard InChI is InChI=1S/C22H26N2O5/c1-22(2)15-28-13-12-24(22)21(26)16-8-10-17(11-9-16)23-20(25)14-29-19-7-5-4-6-18(19)27-3/h4-11H,12-15H2,1-3H3,(H,23,25). The number of carbonyl (C=O) groups is 2. The maximum atomic E-state index is 12.8. The number of nitrogens with one attached hydrogen (secondary N) is 1. The Hall–Kier alpha value is -3.06. The van der Waals surface area contributed by atoms with Gasteiger partial charge in [-0.15, -0.1) is 0 Å². The van der Waals surface area contributed by atoms with Gasteiger partial charge in [-0.2, -0.15) is 0 Å². The number of hydrogen-bond acceptors (Lipinski definition) is 5. The van der Waals surface area contributed by atoms with Gasteiger partial charge >= 0.3 is 0 Å². The highest BCUT2D eigenvalue weighted by Crippen LogP contribution is 2.26. The summed E-state index contributed by atoms with van der Waals surface area (Å²) in [7, 11) is 1.54. The van der Waals surface area contributed by atoms with Crippen molar-refractivity contribution in [3.05, 3.63) is 54.1 Å². The number of carbonyl (C=O) groups excluding carboxylic acids is 2. The summed E-state index contributed by atoms with van der Waals surface area (Å²) >= 11 is 0. The minimum absolute atomic E-state index is 0.0457. The molecule has 3 rings (SSSR count). The van der Waals surface area contributed by atoms with Gasteiger partial charge in [0.15, 0.2) is 18.1 Å². The molecule has 0 atom stereocenters. The quantitative estimate of drug-likeness (QED) is 0.810. The molecule has 7 heteroatoms. The van der Waals surface area contributed by atoms with Crippen molar-refractivity contribution in [2.75, 3.05) is 38.8 Å². The van der Waals surface area contributed by atoms with Gasteiger partial charge in [-0.25, -0.2) is 0 Å². The van der Waals surface area contributed by atoms with E-state index in [0.717, 1.165) is 0 Å². The van der Waals surface area contributed by atoms with Crippen LogP contribution in [0.1, 0.15) is 24.2 Å². The van der Waals surface area contributed by atoms with Crippen molar-refractivity contribution in [1.29, 1.82) is 0 Å². The fourth-order valence-corrected chi connectivity index (χ4v) is 3.17. The third kappa shape index (κ3) is 5.06. The van der Waals surface area contributed by atoms with E-state index in [1.165, 1.54) is 0 Å². The van der Waals surface area contributed by atoms with Crippen molar-refractivity contribution < 1.29 is 23.8 Å². The van der Waals surface area contributed by atoms with Gasteiger partial charge in [0.1, 0.15) is 0 Å². The molecule has 2 aromatic rings. The number of rotatable bonds is 6. The van der Waals surface area contributed by atoms with E-state index in [0.29, 0.717) is 42.5 Å². The molecule has 1 heterocycles. The Morgan fingerprint density at radius 2 is 1.79 bits per heavy atom. The maximum absolute atomic E-state index is 12.8. The molecule has 1 saturated heterocycles. The molecule has 2 amide bonds. The van der Waals surface area contributed by atoms with E-state index in [4.69, 9.17) is 14.2 Å². The van der Waals surface area contributed by atoms with Crippen LogP contribution in [0.4, 0.5) is 5.69 Å². The third-order valence-corrected chi connectivity index (χ3v) is 4.73. The van der Waals surface area contributed by atoms with Crippen LogP contribution in [0.5, 0.6) is 11.5 Å². The molecule has 7 nitrogen and oxygen atoms in total. The van der Waals surface area contributed by atoms with Crippen LogP contribution in [0.3, 0.4) is 0 Å². The summed E-state index contributed by atoms with van der Waals surface area (Å²) in [5.74, 6) is 0.716. The predicted octanol–water partition coefficient (Wildman–Crippen LogP) is 2.96. The monoisotopic (exact) mass is 398 g/mol. The molecule has 0 radical (unpaired) electrons. The molecule has 0 aliphatic carbocycles. The second kappa shape index (κ2) is 8.96. The van der Waals surface area contributed by atoms with Gasteiger partial charge in [-0.1, -0.05) is 12.1 Å². The molecule has 29 heavy (non-hydrogen) atoms. The number of benzene rings is 2. The zero-order valence-corrected chi connectivity index (χ0v) is 16.9. The van der Waals surface area contributed by atoms with Crippen LogP contribution < -0.4 is 14.8 Å². The number of nitrogens with zero attached hydrogens (tertiary/aromatic N) is 1. The lowest BCUT2D eigenvalue weighted by Gasteiger charge is -2.42. The summed E-state index contributed by atoms with van der Waals surface area (Å²) in [6.45, 7) is 5.43. The molecule has 1 fully saturated rings. The normalized spacial score (nSPS) is 15.5. The third-order valence-electron chi connectivity index (χ3n) is 4.73. The molecule has 1 aliphatic heterocycles. The highest BCUT2D eigenvalue weighted by molar-refractivity contribution is 5.96. The van der Waals surface area contributed by atoms with Gasteiger partial charge in [-0.05, 0) is 50.2 Å². The van der Waals surface area contributed by atoms with Crippen LogP contribution in [0.15, 0.2) is 48.5 Å². The molecular formula is C22H26N2O5. The number of ether oxygens (including phenoxy) is 3. The average molecular weight is 398 g/mol. The summed E-state index contributed by atoms with van der Waals surface area (Å²) in [5.41, 5.74) is 0.817. The molecule has 0 aromatic heterocycles. The van der Waals surface area contributed by atoms with Crippen molar-refractivity contribution in [1.82, 2.24) is 4.90 Å². The van der Waals surface area contributed by atoms with E-state index < -0.39 is 0 Å². The van der Waals surface area contributed by atoms with Crippen LogP contribution in [0.25, 0.3) is 0 Å². The first-order chi connectivity index (χ1) is 13.9. The van der Waals surface area contributed by atoms with E-state index in [1.807, 2.05) is 24.8 Å². The maximum Gasteiger partial charge on any atom is 0.262 e. The summed E-state index contributed by atoms with van der Waals surface area (Å²) in [6, 6.07) is 14.0. The van der Waals surface area contributed by atoms with Gasteiger partial charge in [0, 0.05) is 17.8 Å². The van der Waals surface area contributed by atoms with Crippen molar-refractivity contribution in [2.45, 2.75) is 19.4 Å². The second-order valence-electron chi connectivity index (χ2n) is 7.39. The summed E-state index contributed by atoms with van der Waals surface area (Å²) in [4.78, 5) is 26.8. The topological polar surface area (TPSA) is 77.1 Å². The largest absolute Gasteiger partial charge is 0.493 e. The Morgan fingerprint density at radius 3 is 2.45 bits per heavy atom. The lowest BCUT2D eigenvalue weighted by atomic mass is 10.0. The molecule has 0 saturated carbocycles. The van der Waals surface area contributed by atoms with Crippen molar-refractivity contribution in [3.63, 3.8) is 0 Å². The van der Waals surface area contributed by atoms with Crippen LogP contribution in [-0.2, 0) is 9.53 Å². The second-order valence-corrected chi connectivity index (χ2v) is 7.39. The first kappa shape index (κ1) is 20.7. The van der Waals surface area contributed by atoms with Gasteiger partial charge in [-0.3, -0.25) is 9.59 Å². The van der Waals surface area contributed by atoms with Crippen LogP contribution in [-0.4, -0.2) is 55.7 Å². The molecule has 0 bridgehead atoms.